The van der Waals surface area contributed by atoms with Gasteiger partial charge in [-0.2, -0.15) is 0 Å². The normalized spacial score (nSPS) is 20.2. The average Bonchev–Trinajstić information content (AvgIpc) is 2.66. The molecule has 15 heavy (non-hydrogen) atoms. The summed E-state index contributed by atoms with van der Waals surface area (Å²) in [6, 6.07) is 0.136. The number of hydrogen-bond donors (Lipinski definition) is 2. The number of carbonyl (C=O) groups excluding carboxylic acids is 2. The summed E-state index contributed by atoms with van der Waals surface area (Å²) in [6.07, 6.45) is 2.20. The van der Waals surface area contributed by atoms with E-state index in [4.69, 9.17) is 5.73 Å². The van der Waals surface area contributed by atoms with Crippen LogP contribution in [-0.4, -0.2) is 42.4 Å². The Labute approximate surface area is 90.0 Å². The lowest BCUT2D eigenvalue weighted by atomic mass is 10.2. The Bertz CT molecular complexity index is 237. The Kier molecular flexibility index (Phi) is 4.55. The molecule has 1 heterocycles. The van der Waals surface area contributed by atoms with Crippen molar-refractivity contribution in [3.05, 3.63) is 0 Å². The molecule has 1 aliphatic rings. The van der Waals surface area contributed by atoms with E-state index in [-0.39, 0.29) is 18.5 Å². The maximum absolute atomic E-state index is 11.8. The van der Waals surface area contributed by atoms with E-state index in [0.717, 1.165) is 25.9 Å². The molecule has 1 unspecified atom stereocenters. The highest BCUT2D eigenvalue weighted by molar-refractivity contribution is 5.84. The minimum atomic E-state index is -0.439. The third-order valence-electron chi connectivity index (χ3n) is 2.59. The molecule has 1 aliphatic heterocycles. The molecule has 0 saturated carbocycles. The van der Waals surface area contributed by atoms with Crippen LogP contribution >= 0.6 is 0 Å². The van der Waals surface area contributed by atoms with Crippen LogP contribution in [0.2, 0.25) is 0 Å². The van der Waals surface area contributed by atoms with Gasteiger partial charge in [-0.3, -0.25) is 9.59 Å². The van der Waals surface area contributed by atoms with Gasteiger partial charge in [-0.15, -0.1) is 0 Å². The Morgan fingerprint density at radius 1 is 1.53 bits per heavy atom. The molecule has 0 aliphatic carbocycles. The van der Waals surface area contributed by atoms with Crippen LogP contribution < -0.4 is 11.1 Å². The van der Waals surface area contributed by atoms with Crippen molar-refractivity contribution in [1.82, 2.24) is 10.2 Å². The molecule has 1 fully saturated rings. The minimum Gasteiger partial charge on any atom is -0.368 e. The molecule has 5 nitrogen and oxygen atoms in total. The molecular formula is C10H19N3O2. The number of hydrogen-bond acceptors (Lipinski definition) is 3. The number of carbonyl (C=O) groups is 2. The molecule has 0 aromatic rings. The van der Waals surface area contributed by atoms with Crippen molar-refractivity contribution >= 4 is 11.8 Å². The van der Waals surface area contributed by atoms with Gasteiger partial charge in [0.15, 0.2) is 0 Å². The van der Waals surface area contributed by atoms with Crippen LogP contribution in [0, 0.1) is 0 Å². The topological polar surface area (TPSA) is 75.4 Å². The van der Waals surface area contributed by atoms with Gasteiger partial charge in [0.2, 0.25) is 11.8 Å². The highest BCUT2D eigenvalue weighted by Crippen LogP contribution is 2.10. The Hall–Kier alpha value is -1.10. The van der Waals surface area contributed by atoms with Crippen molar-refractivity contribution in [2.24, 2.45) is 5.73 Å². The smallest absolute Gasteiger partial charge is 0.237 e. The summed E-state index contributed by atoms with van der Waals surface area (Å²) < 4.78 is 0. The van der Waals surface area contributed by atoms with Crippen molar-refractivity contribution in [2.75, 3.05) is 19.6 Å². The number of rotatable bonds is 5. The third kappa shape index (κ3) is 3.51. The summed E-state index contributed by atoms with van der Waals surface area (Å²) in [6.45, 7) is 3.67. The maximum atomic E-state index is 11.8. The molecule has 0 aromatic carbocycles. The molecule has 1 atom stereocenters. The lowest BCUT2D eigenvalue weighted by Gasteiger charge is -2.27. The van der Waals surface area contributed by atoms with Gasteiger partial charge in [-0.05, 0) is 19.4 Å². The van der Waals surface area contributed by atoms with Crippen molar-refractivity contribution in [3.8, 4) is 0 Å². The van der Waals surface area contributed by atoms with E-state index < -0.39 is 5.91 Å². The van der Waals surface area contributed by atoms with Gasteiger partial charge in [0.1, 0.15) is 0 Å². The summed E-state index contributed by atoms with van der Waals surface area (Å²) in [4.78, 5) is 24.3. The quantitative estimate of drug-likeness (QED) is 0.644. The van der Waals surface area contributed by atoms with Crippen LogP contribution in [-0.2, 0) is 9.59 Å². The zero-order valence-corrected chi connectivity index (χ0v) is 9.16. The monoisotopic (exact) mass is 213 g/mol. The average molecular weight is 213 g/mol. The second kappa shape index (κ2) is 5.70. The van der Waals surface area contributed by atoms with Gasteiger partial charge < -0.3 is 16.0 Å². The molecule has 0 radical (unpaired) electrons. The Morgan fingerprint density at radius 3 is 2.73 bits per heavy atom. The van der Waals surface area contributed by atoms with Gasteiger partial charge in [-0.1, -0.05) is 6.92 Å². The van der Waals surface area contributed by atoms with Gasteiger partial charge in [-0.25, -0.2) is 0 Å². The summed E-state index contributed by atoms with van der Waals surface area (Å²) in [5, 5.41) is 3.18. The highest BCUT2D eigenvalue weighted by atomic mass is 16.2. The van der Waals surface area contributed by atoms with Crippen LogP contribution in [0.5, 0.6) is 0 Å². The SMILES string of the molecule is CCCC(=O)N(CC(N)=O)C1CCNC1. The minimum absolute atomic E-state index is 0.0324. The van der Waals surface area contributed by atoms with Gasteiger partial charge >= 0.3 is 0 Å². The lowest BCUT2D eigenvalue weighted by Crippen LogP contribution is -2.46. The molecule has 0 aromatic heterocycles. The highest BCUT2D eigenvalue weighted by Gasteiger charge is 2.26. The first-order valence-corrected chi connectivity index (χ1v) is 5.43. The van der Waals surface area contributed by atoms with E-state index in [1.165, 1.54) is 0 Å². The fourth-order valence-corrected chi connectivity index (χ4v) is 1.85. The third-order valence-corrected chi connectivity index (χ3v) is 2.59. The van der Waals surface area contributed by atoms with Crippen LogP contribution in [0.1, 0.15) is 26.2 Å². The van der Waals surface area contributed by atoms with Crippen molar-refractivity contribution in [3.63, 3.8) is 0 Å². The van der Waals surface area contributed by atoms with Gasteiger partial charge in [0.05, 0.1) is 6.54 Å². The standard InChI is InChI=1S/C10H19N3O2/c1-2-3-10(15)13(7-9(11)14)8-4-5-12-6-8/h8,12H,2-7H2,1H3,(H2,11,14). The second-order valence-corrected chi connectivity index (χ2v) is 3.88. The molecule has 3 N–H and O–H groups in total. The molecule has 5 heteroatoms. The maximum Gasteiger partial charge on any atom is 0.237 e. The summed E-state index contributed by atoms with van der Waals surface area (Å²) >= 11 is 0. The van der Waals surface area contributed by atoms with Crippen LogP contribution in [0.3, 0.4) is 0 Å². The van der Waals surface area contributed by atoms with E-state index in [1.54, 1.807) is 4.90 Å². The van der Waals surface area contributed by atoms with E-state index in [1.807, 2.05) is 6.92 Å². The van der Waals surface area contributed by atoms with E-state index in [9.17, 15) is 9.59 Å². The van der Waals surface area contributed by atoms with Crippen LogP contribution in [0.25, 0.3) is 0 Å². The predicted octanol–water partition coefficient (Wildman–Crippen LogP) is -0.538. The number of nitrogens with two attached hydrogens (primary N) is 1. The molecule has 0 spiro atoms. The number of amides is 2. The fourth-order valence-electron chi connectivity index (χ4n) is 1.85. The van der Waals surface area contributed by atoms with Gasteiger partial charge in [0.25, 0.3) is 0 Å². The fraction of sp³-hybridized carbons (Fsp3) is 0.800. The molecule has 2 amide bonds. The van der Waals surface area contributed by atoms with Crippen molar-refractivity contribution < 1.29 is 9.59 Å². The number of nitrogens with zero attached hydrogens (tertiary/aromatic N) is 1. The molecule has 86 valence electrons. The summed E-state index contributed by atoms with van der Waals surface area (Å²) in [5.41, 5.74) is 5.14. The van der Waals surface area contributed by atoms with Crippen LogP contribution in [0.15, 0.2) is 0 Å². The molecule has 1 saturated heterocycles. The summed E-state index contributed by atoms with van der Waals surface area (Å²) in [7, 11) is 0. The van der Waals surface area contributed by atoms with Gasteiger partial charge in [0, 0.05) is 19.0 Å². The summed E-state index contributed by atoms with van der Waals surface area (Å²) in [5.74, 6) is -0.406. The zero-order valence-electron chi connectivity index (χ0n) is 9.16. The second-order valence-electron chi connectivity index (χ2n) is 3.88. The van der Waals surface area contributed by atoms with E-state index in [0.29, 0.717) is 6.42 Å². The van der Waals surface area contributed by atoms with E-state index in [2.05, 4.69) is 5.32 Å². The lowest BCUT2D eigenvalue weighted by molar-refractivity contribution is -0.137. The number of nitrogens with one attached hydrogen (secondary N) is 1. The number of primary amides is 1. The first kappa shape index (κ1) is 12.0. The van der Waals surface area contributed by atoms with Crippen LogP contribution in [0.4, 0.5) is 0 Å². The first-order valence-electron chi connectivity index (χ1n) is 5.43. The Morgan fingerprint density at radius 2 is 2.27 bits per heavy atom. The largest absolute Gasteiger partial charge is 0.368 e. The van der Waals surface area contributed by atoms with E-state index >= 15 is 0 Å². The molecule has 0 bridgehead atoms. The first-order chi connectivity index (χ1) is 7.15. The zero-order chi connectivity index (χ0) is 11.3. The van der Waals surface area contributed by atoms with Crippen molar-refractivity contribution in [1.29, 1.82) is 0 Å². The predicted molar refractivity (Wildman–Crippen MR) is 57.1 cm³/mol. The molecular weight excluding hydrogens is 194 g/mol. The van der Waals surface area contributed by atoms with Crippen molar-refractivity contribution in [2.45, 2.75) is 32.2 Å². The Balaban J connectivity index is 2.58. The molecule has 1 rings (SSSR count).